The fourth-order valence-electron chi connectivity index (χ4n) is 5.75. The van der Waals surface area contributed by atoms with Gasteiger partial charge < -0.3 is 10.0 Å². The zero-order chi connectivity index (χ0) is 17.0. The Balaban J connectivity index is 1.32. The minimum absolute atomic E-state index is 0.0601. The third-order valence-electron chi connectivity index (χ3n) is 7.06. The standard InChI is InChI=1S/C22H25NO2/c24-21(25)19-13-22(20-4-2-1-3-18(19)20)7-9-23(10-8-22)14-17-12-15-5-6-16(17)11-15/h1-6,13,15-17H,7-12,14H2,(H,24,25). The second kappa shape index (κ2) is 5.57. The number of hydrogen-bond donors (Lipinski definition) is 1. The van der Waals surface area contributed by atoms with E-state index in [1.165, 1.54) is 24.9 Å². The lowest BCUT2D eigenvalue weighted by Gasteiger charge is -2.40. The van der Waals surface area contributed by atoms with Crippen molar-refractivity contribution in [2.45, 2.75) is 31.1 Å². The molecule has 5 rings (SSSR count). The van der Waals surface area contributed by atoms with E-state index in [2.05, 4.69) is 29.2 Å². The van der Waals surface area contributed by atoms with E-state index < -0.39 is 5.97 Å². The van der Waals surface area contributed by atoms with Crippen molar-refractivity contribution in [2.24, 2.45) is 17.8 Å². The summed E-state index contributed by atoms with van der Waals surface area (Å²) in [6.07, 6.45) is 11.7. The van der Waals surface area contributed by atoms with Crippen LogP contribution in [0.5, 0.6) is 0 Å². The molecule has 1 saturated carbocycles. The Morgan fingerprint density at radius 2 is 1.96 bits per heavy atom. The lowest BCUT2D eigenvalue weighted by Crippen LogP contribution is -2.43. The number of carboxylic acids is 1. The Hall–Kier alpha value is -1.87. The number of likely N-dealkylation sites (tertiary alicyclic amines) is 1. The maximum atomic E-state index is 11.7. The van der Waals surface area contributed by atoms with Crippen LogP contribution in [0.25, 0.3) is 5.57 Å². The first-order valence-electron chi connectivity index (χ1n) is 9.61. The number of piperidine rings is 1. The van der Waals surface area contributed by atoms with Crippen LogP contribution in [-0.2, 0) is 10.2 Å². The van der Waals surface area contributed by atoms with E-state index in [4.69, 9.17) is 0 Å². The normalized spacial score (nSPS) is 32.2. The van der Waals surface area contributed by atoms with Gasteiger partial charge in [0.2, 0.25) is 0 Å². The molecule has 0 aromatic heterocycles. The van der Waals surface area contributed by atoms with Crippen LogP contribution in [0, 0.1) is 17.8 Å². The average Bonchev–Trinajstić information content (AvgIpc) is 3.31. The second-order valence-corrected chi connectivity index (χ2v) is 8.41. The van der Waals surface area contributed by atoms with E-state index >= 15 is 0 Å². The maximum absolute atomic E-state index is 11.7. The van der Waals surface area contributed by atoms with Gasteiger partial charge in [-0.15, -0.1) is 0 Å². The van der Waals surface area contributed by atoms with Gasteiger partial charge in [0.05, 0.1) is 5.57 Å². The van der Waals surface area contributed by atoms with Gasteiger partial charge in [-0.3, -0.25) is 0 Å². The molecule has 1 aliphatic heterocycles. The molecule has 0 amide bonds. The van der Waals surface area contributed by atoms with E-state index in [9.17, 15) is 9.90 Å². The van der Waals surface area contributed by atoms with Gasteiger partial charge >= 0.3 is 5.97 Å². The summed E-state index contributed by atoms with van der Waals surface area (Å²) in [5.74, 6) is 1.70. The van der Waals surface area contributed by atoms with Gasteiger partial charge in [-0.2, -0.15) is 0 Å². The fourth-order valence-corrected chi connectivity index (χ4v) is 5.75. The van der Waals surface area contributed by atoms with Crippen molar-refractivity contribution in [3.63, 3.8) is 0 Å². The number of aliphatic carboxylic acids is 1. The molecule has 1 aromatic rings. The molecule has 25 heavy (non-hydrogen) atoms. The minimum Gasteiger partial charge on any atom is -0.478 e. The van der Waals surface area contributed by atoms with E-state index in [0.717, 1.165) is 49.2 Å². The molecule has 1 heterocycles. The predicted molar refractivity (Wildman–Crippen MR) is 98.3 cm³/mol. The van der Waals surface area contributed by atoms with Gasteiger partial charge in [0, 0.05) is 12.0 Å². The van der Waals surface area contributed by atoms with Gasteiger partial charge in [-0.05, 0) is 67.7 Å². The first-order valence-corrected chi connectivity index (χ1v) is 9.61. The van der Waals surface area contributed by atoms with Gasteiger partial charge in [0.25, 0.3) is 0 Å². The average molecular weight is 335 g/mol. The summed E-state index contributed by atoms with van der Waals surface area (Å²) < 4.78 is 0. The molecule has 2 bridgehead atoms. The van der Waals surface area contributed by atoms with Crippen LogP contribution in [0.3, 0.4) is 0 Å². The number of carboxylic acid groups (broad SMARTS) is 1. The zero-order valence-electron chi connectivity index (χ0n) is 14.5. The van der Waals surface area contributed by atoms with Gasteiger partial charge in [-0.1, -0.05) is 42.5 Å². The van der Waals surface area contributed by atoms with Crippen molar-refractivity contribution in [3.8, 4) is 0 Å². The topological polar surface area (TPSA) is 40.5 Å². The van der Waals surface area contributed by atoms with Crippen LogP contribution in [0.15, 0.2) is 42.5 Å². The molecule has 1 aromatic carbocycles. The van der Waals surface area contributed by atoms with Crippen LogP contribution in [0.1, 0.15) is 36.8 Å². The Morgan fingerprint density at radius 1 is 1.16 bits per heavy atom. The summed E-state index contributed by atoms with van der Waals surface area (Å²) in [5.41, 5.74) is 2.61. The predicted octanol–water partition coefficient (Wildman–Crippen LogP) is 3.71. The third kappa shape index (κ3) is 2.40. The summed E-state index contributed by atoms with van der Waals surface area (Å²) in [5, 5.41) is 9.59. The van der Waals surface area contributed by atoms with Crippen LogP contribution in [-0.4, -0.2) is 35.6 Å². The molecule has 3 atom stereocenters. The number of allylic oxidation sites excluding steroid dienone is 3. The SMILES string of the molecule is O=C(O)C1=CC2(CCN(CC3CC4C=CC3C4)CC2)c2ccccc21. The minimum atomic E-state index is -0.791. The molecular formula is C22H25NO2. The molecular weight excluding hydrogens is 310 g/mol. The van der Waals surface area contributed by atoms with Gasteiger partial charge in [0.1, 0.15) is 0 Å². The Kier molecular flexibility index (Phi) is 3.43. The van der Waals surface area contributed by atoms with E-state index in [-0.39, 0.29) is 5.41 Å². The Labute approximate surface area is 149 Å². The Morgan fingerprint density at radius 3 is 2.64 bits per heavy atom. The molecule has 1 N–H and O–H groups in total. The van der Waals surface area contributed by atoms with Gasteiger partial charge in [-0.25, -0.2) is 4.79 Å². The van der Waals surface area contributed by atoms with Crippen molar-refractivity contribution >= 4 is 11.5 Å². The monoisotopic (exact) mass is 335 g/mol. The molecule has 3 aliphatic carbocycles. The highest BCUT2D eigenvalue weighted by atomic mass is 16.4. The number of nitrogens with zero attached hydrogens (tertiary/aromatic N) is 1. The van der Waals surface area contributed by atoms with E-state index in [0.29, 0.717) is 5.57 Å². The lowest BCUT2D eigenvalue weighted by molar-refractivity contribution is -0.130. The molecule has 3 unspecified atom stereocenters. The number of carbonyl (C=O) groups is 1. The van der Waals surface area contributed by atoms with Gasteiger partial charge in [0.15, 0.2) is 0 Å². The summed E-state index contributed by atoms with van der Waals surface area (Å²) in [4.78, 5) is 14.3. The number of benzene rings is 1. The zero-order valence-corrected chi connectivity index (χ0v) is 14.5. The number of fused-ring (bicyclic) bond motifs is 4. The van der Waals surface area contributed by atoms with E-state index in [1.807, 2.05) is 18.2 Å². The summed E-state index contributed by atoms with van der Waals surface area (Å²) in [7, 11) is 0. The fraction of sp³-hybridized carbons (Fsp3) is 0.500. The van der Waals surface area contributed by atoms with Crippen molar-refractivity contribution in [1.82, 2.24) is 4.90 Å². The van der Waals surface area contributed by atoms with Crippen LogP contribution >= 0.6 is 0 Å². The molecule has 1 spiro atoms. The van der Waals surface area contributed by atoms with Crippen molar-refractivity contribution < 1.29 is 9.90 Å². The van der Waals surface area contributed by atoms with Crippen LogP contribution in [0.2, 0.25) is 0 Å². The van der Waals surface area contributed by atoms with Crippen LogP contribution < -0.4 is 0 Å². The van der Waals surface area contributed by atoms with E-state index in [1.54, 1.807) is 0 Å². The van der Waals surface area contributed by atoms with Crippen LogP contribution in [0.4, 0.5) is 0 Å². The highest BCUT2D eigenvalue weighted by Gasteiger charge is 2.43. The molecule has 3 nitrogen and oxygen atoms in total. The molecule has 3 heteroatoms. The summed E-state index contributed by atoms with van der Waals surface area (Å²) in [6.45, 7) is 3.38. The quantitative estimate of drug-likeness (QED) is 0.856. The number of rotatable bonds is 3. The van der Waals surface area contributed by atoms with Crippen molar-refractivity contribution in [3.05, 3.63) is 53.6 Å². The highest BCUT2D eigenvalue weighted by Crippen LogP contribution is 2.48. The summed E-state index contributed by atoms with van der Waals surface area (Å²) in [6, 6.07) is 8.11. The second-order valence-electron chi connectivity index (χ2n) is 8.41. The molecule has 0 radical (unpaired) electrons. The highest BCUT2D eigenvalue weighted by molar-refractivity contribution is 6.17. The molecule has 2 fully saturated rings. The molecule has 4 aliphatic rings. The number of hydrogen-bond acceptors (Lipinski definition) is 2. The first-order chi connectivity index (χ1) is 12.1. The molecule has 1 saturated heterocycles. The van der Waals surface area contributed by atoms with Crippen molar-refractivity contribution in [1.29, 1.82) is 0 Å². The molecule has 130 valence electrons. The first kappa shape index (κ1) is 15.4. The maximum Gasteiger partial charge on any atom is 0.336 e. The largest absolute Gasteiger partial charge is 0.478 e. The van der Waals surface area contributed by atoms with Crippen molar-refractivity contribution in [2.75, 3.05) is 19.6 Å². The Bertz CT molecular complexity index is 770. The summed E-state index contributed by atoms with van der Waals surface area (Å²) >= 11 is 0. The lowest BCUT2D eigenvalue weighted by atomic mass is 9.74. The smallest absolute Gasteiger partial charge is 0.336 e. The third-order valence-corrected chi connectivity index (χ3v) is 7.06.